The van der Waals surface area contributed by atoms with Crippen LogP contribution in [0.4, 0.5) is 10.1 Å². The SMILES string of the molecule is Cc1cc(F)c(N)cc1S(=O)(=O)NCC1CC2CCC1C2. The first-order valence-corrected chi connectivity index (χ1v) is 8.90. The molecular weight excluding hydrogens is 291 g/mol. The van der Waals surface area contributed by atoms with Crippen molar-refractivity contribution in [2.24, 2.45) is 17.8 Å². The van der Waals surface area contributed by atoms with Crippen molar-refractivity contribution in [3.63, 3.8) is 0 Å². The average Bonchev–Trinajstić information content (AvgIpc) is 3.03. The second-order valence-corrected chi connectivity index (χ2v) is 8.16. The maximum Gasteiger partial charge on any atom is 0.240 e. The van der Waals surface area contributed by atoms with Crippen molar-refractivity contribution in [3.05, 3.63) is 23.5 Å². The van der Waals surface area contributed by atoms with Crippen molar-refractivity contribution in [1.29, 1.82) is 0 Å². The van der Waals surface area contributed by atoms with Gasteiger partial charge in [0.05, 0.1) is 10.6 Å². The largest absolute Gasteiger partial charge is 0.396 e. The van der Waals surface area contributed by atoms with Gasteiger partial charge < -0.3 is 5.73 Å². The van der Waals surface area contributed by atoms with Crippen molar-refractivity contribution in [1.82, 2.24) is 4.72 Å². The molecular formula is C15H21FN2O2S. The summed E-state index contributed by atoms with van der Waals surface area (Å²) in [5, 5.41) is 0. The summed E-state index contributed by atoms with van der Waals surface area (Å²) < 4.78 is 40.8. The first-order chi connectivity index (χ1) is 9.87. The first-order valence-electron chi connectivity index (χ1n) is 7.42. The van der Waals surface area contributed by atoms with Crippen LogP contribution in [0.1, 0.15) is 31.2 Å². The van der Waals surface area contributed by atoms with E-state index in [4.69, 9.17) is 5.73 Å². The number of hydrogen-bond donors (Lipinski definition) is 2. The molecule has 0 spiro atoms. The van der Waals surface area contributed by atoms with Gasteiger partial charge in [-0.15, -0.1) is 0 Å². The lowest BCUT2D eigenvalue weighted by Gasteiger charge is -2.22. The molecule has 116 valence electrons. The van der Waals surface area contributed by atoms with Crippen LogP contribution in [0.15, 0.2) is 17.0 Å². The molecule has 0 radical (unpaired) electrons. The average molecular weight is 312 g/mol. The van der Waals surface area contributed by atoms with Crippen LogP contribution in [0.2, 0.25) is 0 Å². The van der Waals surface area contributed by atoms with Gasteiger partial charge in [0.1, 0.15) is 5.82 Å². The maximum absolute atomic E-state index is 13.3. The Bertz CT molecular complexity index is 660. The first kappa shape index (κ1) is 14.8. The molecule has 0 aromatic heterocycles. The van der Waals surface area contributed by atoms with E-state index < -0.39 is 15.8 Å². The van der Waals surface area contributed by atoms with Crippen molar-refractivity contribution < 1.29 is 12.8 Å². The van der Waals surface area contributed by atoms with Crippen LogP contribution in [-0.4, -0.2) is 15.0 Å². The zero-order chi connectivity index (χ0) is 15.2. The summed E-state index contributed by atoms with van der Waals surface area (Å²) in [7, 11) is -3.63. The highest BCUT2D eigenvalue weighted by Crippen LogP contribution is 2.48. The molecule has 0 heterocycles. The lowest BCUT2D eigenvalue weighted by molar-refractivity contribution is 0.333. The molecule has 2 aliphatic rings. The number of fused-ring (bicyclic) bond motifs is 2. The molecule has 3 N–H and O–H groups in total. The number of hydrogen-bond acceptors (Lipinski definition) is 3. The van der Waals surface area contributed by atoms with E-state index in [2.05, 4.69) is 4.72 Å². The summed E-state index contributed by atoms with van der Waals surface area (Å²) in [5.41, 5.74) is 5.73. The van der Waals surface area contributed by atoms with Crippen LogP contribution in [-0.2, 0) is 10.0 Å². The Balaban J connectivity index is 1.74. The minimum Gasteiger partial charge on any atom is -0.396 e. The Morgan fingerprint density at radius 1 is 1.33 bits per heavy atom. The number of nitrogens with one attached hydrogen (secondary N) is 1. The van der Waals surface area contributed by atoms with Gasteiger partial charge in [0, 0.05) is 6.54 Å². The number of benzene rings is 1. The molecule has 0 aliphatic heterocycles. The van der Waals surface area contributed by atoms with Crippen molar-refractivity contribution >= 4 is 15.7 Å². The molecule has 2 bridgehead atoms. The minimum absolute atomic E-state index is 0.0737. The molecule has 4 nitrogen and oxygen atoms in total. The lowest BCUT2D eigenvalue weighted by Crippen LogP contribution is -2.32. The number of rotatable bonds is 4. The summed E-state index contributed by atoms with van der Waals surface area (Å²) >= 11 is 0. The third-order valence-corrected chi connectivity index (χ3v) is 6.57. The third kappa shape index (κ3) is 2.79. The third-order valence-electron chi connectivity index (χ3n) is 5.00. The zero-order valence-corrected chi connectivity index (χ0v) is 12.9. The maximum atomic E-state index is 13.3. The Hall–Kier alpha value is -1.14. The summed E-state index contributed by atoms with van der Waals surface area (Å²) in [4.78, 5) is 0.0737. The van der Waals surface area contributed by atoms with E-state index >= 15 is 0 Å². The summed E-state index contributed by atoms with van der Waals surface area (Å²) in [6.45, 7) is 2.05. The highest BCUT2D eigenvalue weighted by Gasteiger charge is 2.39. The monoisotopic (exact) mass is 312 g/mol. The topological polar surface area (TPSA) is 72.2 Å². The number of anilines is 1. The highest BCUT2D eigenvalue weighted by molar-refractivity contribution is 7.89. The summed E-state index contributed by atoms with van der Waals surface area (Å²) in [5.74, 6) is 1.31. The van der Waals surface area contributed by atoms with Crippen molar-refractivity contribution in [2.45, 2.75) is 37.5 Å². The van der Waals surface area contributed by atoms with Gasteiger partial charge in [0.2, 0.25) is 10.0 Å². The molecule has 21 heavy (non-hydrogen) atoms. The fraction of sp³-hybridized carbons (Fsp3) is 0.600. The molecule has 1 aromatic rings. The predicted octanol–water partition coefficient (Wildman–Crippen LogP) is 2.43. The fourth-order valence-electron chi connectivity index (χ4n) is 3.88. The van der Waals surface area contributed by atoms with Gasteiger partial charge in [-0.25, -0.2) is 17.5 Å². The van der Waals surface area contributed by atoms with Gasteiger partial charge >= 0.3 is 0 Å². The van der Waals surface area contributed by atoms with Gasteiger partial charge in [0.25, 0.3) is 0 Å². The van der Waals surface area contributed by atoms with Gasteiger partial charge in [-0.2, -0.15) is 0 Å². The van der Waals surface area contributed by atoms with Crippen molar-refractivity contribution in [2.75, 3.05) is 12.3 Å². The normalized spacial score (nSPS) is 28.2. The molecule has 1 aromatic carbocycles. The Morgan fingerprint density at radius 3 is 2.71 bits per heavy atom. The zero-order valence-electron chi connectivity index (χ0n) is 12.1. The molecule has 3 rings (SSSR count). The Labute approximate surface area is 125 Å². The molecule has 2 fully saturated rings. The number of sulfonamides is 1. The number of nitrogen functional groups attached to an aromatic ring is 1. The molecule has 0 saturated heterocycles. The van der Waals surface area contributed by atoms with Gasteiger partial charge in [0.15, 0.2) is 0 Å². The van der Waals surface area contributed by atoms with Crippen LogP contribution in [0.25, 0.3) is 0 Å². The molecule has 3 unspecified atom stereocenters. The van der Waals surface area contributed by atoms with E-state index in [1.54, 1.807) is 6.92 Å². The number of nitrogens with two attached hydrogens (primary N) is 1. The lowest BCUT2D eigenvalue weighted by atomic mass is 9.89. The van der Waals surface area contributed by atoms with Gasteiger partial charge in [-0.1, -0.05) is 6.42 Å². The van der Waals surface area contributed by atoms with Crippen LogP contribution in [0, 0.1) is 30.5 Å². The second-order valence-electron chi connectivity index (χ2n) is 6.43. The second kappa shape index (κ2) is 5.25. The van der Waals surface area contributed by atoms with Crippen LogP contribution in [0.5, 0.6) is 0 Å². The molecule has 2 saturated carbocycles. The Morgan fingerprint density at radius 2 is 2.10 bits per heavy atom. The fourth-order valence-corrected chi connectivity index (χ4v) is 5.23. The van der Waals surface area contributed by atoms with Crippen LogP contribution in [0.3, 0.4) is 0 Å². The highest BCUT2D eigenvalue weighted by atomic mass is 32.2. The molecule has 6 heteroatoms. The smallest absolute Gasteiger partial charge is 0.240 e. The number of halogens is 1. The van der Waals surface area contributed by atoms with E-state index in [0.29, 0.717) is 23.9 Å². The summed E-state index contributed by atoms with van der Waals surface area (Å²) in [6, 6.07) is 2.37. The van der Waals surface area contributed by atoms with Gasteiger partial charge in [-0.3, -0.25) is 0 Å². The number of aryl methyl sites for hydroxylation is 1. The minimum atomic E-state index is -3.63. The van der Waals surface area contributed by atoms with Gasteiger partial charge in [-0.05, 0) is 61.6 Å². The van der Waals surface area contributed by atoms with E-state index in [1.165, 1.54) is 31.4 Å². The van der Waals surface area contributed by atoms with E-state index in [9.17, 15) is 12.8 Å². The van der Waals surface area contributed by atoms with Crippen LogP contribution >= 0.6 is 0 Å². The Kier molecular flexibility index (Phi) is 3.69. The molecule has 3 atom stereocenters. The van der Waals surface area contributed by atoms with Crippen molar-refractivity contribution in [3.8, 4) is 0 Å². The standard InChI is InChI=1S/C15H21FN2O2S/c1-9-4-13(16)14(17)7-15(9)21(19,20)18-8-12-6-10-2-3-11(12)5-10/h4,7,10-12,18H,2-3,5-6,8,17H2,1H3. The van der Waals surface area contributed by atoms with E-state index in [-0.39, 0.29) is 10.6 Å². The van der Waals surface area contributed by atoms with Crippen LogP contribution < -0.4 is 10.5 Å². The summed E-state index contributed by atoms with van der Waals surface area (Å²) in [6.07, 6.45) is 4.88. The quantitative estimate of drug-likeness (QED) is 0.839. The van der Waals surface area contributed by atoms with E-state index in [0.717, 1.165) is 12.3 Å². The molecule has 0 amide bonds. The molecule has 2 aliphatic carbocycles. The van der Waals surface area contributed by atoms with E-state index in [1.807, 2.05) is 0 Å². The predicted molar refractivity (Wildman–Crippen MR) is 79.7 cm³/mol.